The molecule has 0 saturated carbocycles. The molecule has 0 saturated heterocycles. The second kappa shape index (κ2) is 13.0. The second-order valence-electron chi connectivity index (χ2n) is 15.8. The maximum atomic E-state index is 2.43. The summed E-state index contributed by atoms with van der Waals surface area (Å²) in [5, 5.41) is 6.44. The number of benzene rings is 9. The first-order chi connectivity index (χ1) is 28.0. The van der Waals surface area contributed by atoms with Crippen LogP contribution in [0.4, 0.5) is 17.1 Å². The topological polar surface area (TPSA) is 8.17 Å². The SMILES string of the molecule is CC1(C)c2cc(N(c3ccc(-c4ccccc4)cc3)c3ccc(-c4ccccc4)cc3)ccc2-c2ccc(-n3ccc4c5ccccc5c5ccccc5c43)cc21. The number of nitrogens with zero attached hydrogens (tertiary/aromatic N) is 2. The van der Waals surface area contributed by atoms with Gasteiger partial charge in [-0.25, -0.2) is 0 Å². The van der Waals surface area contributed by atoms with Crippen molar-refractivity contribution in [2.45, 2.75) is 19.3 Å². The summed E-state index contributed by atoms with van der Waals surface area (Å²) in [7, 11) is 0. The molecule has 1 aliphatic carbocycles. The van der Waals surface area contributed by atoms with Crippen molar-refractivity contribution in [1.29, 1.82) is 0 Å². The van der Waals surface area contributed by atoms with E-state index >= 15 is 0 Å². The summed E-state index contributed by atoms with van der Waals surface area (Å²) in [4.78, 5) is 2.40. The molecule has 0 fully saturated rings. The van der Waals surface area contributed by atoms with Crippen molar-refractivity contribution in [3.05, 3.63) is 218 Å². The van der Waals surface area contributed by atoms with Gasteiger partial charge in [-0.1, -0.05) is 159 Å². The van der Waals surface area contributed by atoms with Gasteiger partial charge in [0.2, 0.25) is 0 Å². The van der Waals surface area contributed by atoms with Gasteiger partial charge in [-0.15, -0.1) is 0 Å². The third kappa shape index (κ3) is 5.33. The van der Waals surface area contributed by atoms with Gasteiger partial charge in [-0.05, 0) is 115 Å². The van der Waals surface area contributed by atoms with Crippen molar-refractivity contribution < 1.29 is 0 Å². The first-order valence-corrected chi connectivity index (χ1v) is 19.8. The third-order valence-electron chi connectivity index (χ3n) is 12.2. The molecule has 0 spiro atoms. The van der Waals surface area contributed by atoms with Crippen molar-refractivity contribution in [1.82, 2.24) is 4.57 Å². The Morgan fingerprint density at radius 3 is 1.35 bits per heavy atom. The molecular formula is C55H40N2. The lowest BCUT2D eigenvalue weighted by Gasteiger charge is -2.28. The minimum absolute atomic E-state index is 0.214. The summed E-state index contributed by atoms with van der Waals surface area (Å²) in [5.41, 5.74) is 15.8. The maximum absolute atomic E-state index is 2.43. The smallest absolute Gasteiger partial charge is 0.0613 e. The van der Waals surface area contributed by atoms with E-state index in [2.05, 4.69) is 230 Å². The second-order valence-corrected chi connectivity index (χ2v) is 15.8. The van der Waals surface area contributed by atoms with E-state index in [1.165, 1.54) is 82.6 Å². The van der Waals surface area contributed by atoms with E-state index in [1.807, 2.05) is 0 Å². The predicted molar refractivity (Wildman–Crippen MR) is 241 cm³/mol. The zero-order valence-electron chi connectivity index (χ0n) is 32.0. The molecule has 2 heteroatoms. The van der Waals surface area contributed by atoms with Crippen molar-refractivity contribution in [3.63, 3.8) is 0 Å². The Bertz CT molecular complexity index is 3030. The molecule has 0 bridgehead atoms. The van der Waals surface area contributed by atoms with E-state index in [9.17, 15) is 0 Å². The molecule has 0 aliphatic heterocycles. The quantitative estimate of drug-likeness (QED) is 0.155. The zero-order chi connectivity index (χ0) is 38.1. The first kappa shape index (κ1) is 33.2. The summed E-state index contributed by atoms with van der Waals surface area (Å²) in [5.74, 6) is 0. The van der Waals surface area contributed by atoms with Gasteiger partial charge < -0.3 is 9.47 Å². The molecule has 1 aliphatic rings. The van der Waals surface area contributed by atoms with E-state index in [1.54, 1.807) is 0 Å². The van der Waals surface area contributed by atoms with Crippen LogP contribution in [0, 0.1) is 0 Å². The highest BCUT2D eigenvalue weighted by Gasteiger charge is 2.36. The van der Waals surface area contributed by atoms with E-state index in [-0.39, 0.29) is 5.41 Å². The predicted octanol–water partition coefficient (Wildman–Crippen LogP) is 15.0. The van der Waals surface area contributed by atoms with Crippen LogP contribution < -0.4 is 4.90 Å². The Hall–Kier alpha value is -7.16. The molecular weight excluding hydrogens is 689 g/mol. The first-order valence-electron chi connectivity index (χ1n) is 19.8. The van der Waals surface area contributed by atoms with E-state index in [4.69, 9.17) is 0 Å². The Balaban J connectivity index is 1.02. The lowest BCUT2D eigenvalue weighted by atomic mass is 9.82. The molecule has 11 rings (SSSR count). The molecule has 2 nitrogen and oxygen atoms in total. The van der Waals surface area contributed by atoms with Crippen molar-refractivity contribution in [2.75, 3.05) is 4.90 Å². The monoisotopic (exact) mass is 728 g/mol. The molecule has 0 N–H and O–H groups in total. The van der Waals surface area contributed by atoms with Gasteiger partial charge in [0.25, 0.3) is 0 Å². The Labute approximate surface area is 333 Å². The summed E-state index contributed by atoms with van der Waals surface area (Å²) in [6.07, 6.45) is 2.25. The van der Waals surface area contributed by atoms with E-state index in [0.717, 1.165) is 17.1 Å². The molecule has 9 aromatic carbocycles. The van der Waals surface area contributed by atoms with Crippen molar-refractivity contribution in [3.8, 4) is 39.1 Å². The molecule has 1 aromatic heterocycles. The van der Waals surface area contributed by atoms with Crippen LogP contribution in [0.3, 0.4) is 0 Å². The number of hydrogen-bond donors (Lipinski definition) is 0. The third-order valence-corrected chi connectivity index (χ3v) is 12.2. The lowest BCUT2D eigenvalue weighted by molar-refractivity contribution is 0.660. The summed E-state index contributed by atoms with van der Waals surface area (Å²) < 4.78 is 2.40. The lowest BCUT2D eigenvalue weighted by Crippen LogP contribution is -2.17. The summed E-state index contributed by atoms with van der Waals surface area (Å²) in [6, 6.07) is 73.2. The minimum atomic E-state index is -0.214. The highest BCUT2D eigenvalue weighted by Crippen LogP contribution is 2.51. The van der Waals surface area contributed by atoms with Gasteiger partial charge in [0, 0.05) is 45.1 Å². The van der Waals surface area contributed by atoms with Crippen LogP contribution in [-0.4, -0.2) is 4.57 Å². The standard InChI is InChI=1S/C55H40N2/c1-55(2)52-35-43(56-34-33-51-47-19-10-9-17-45(47)46-18-11-12-20-50(46)54(51)56)29-31-48(52)49-32-30-44(36-53(49)55)57(41-25-21-39(22-26-41)37-13-5-3-6-14-37)42-27-23-40(24-28-42)38-15-7-4-8-16-38/h3-36H,1-2H3. The number of hydrogen-bond acceptors (Lipinski definition) is 1. The molecule has 10 aromatic rings. The van der Waals surface area contributed by atoms with Gasteiger partial charge in [-0.3, -0.25) is 0 Å². The molecule has 270 valence electrons. The van der Waals surface area contributed by atoms with Crippen molar-refractivity contribution in [2.24, 2.45) is 0 Å². The van der Waals surface area contributed by atoms with Crippen LogP contribution >= 0.6 is 0 Å². The maximum Gasteiger partial charge on any atom is 0.0613 e. The van der Waals surface area contributed by atoms with Crippen LogP contribution in [0.25, 0.3) is 71.5 Å². The fourth-order valence-corrected chi connectivity index (χ4v) is 9.33. The van der Waals surface area contributed by atoms with E-state index in [0.29, 0.717) is 0 Å². The molecule has 1 heterocycles. The molecule has 0 radical (unpaired) electrons. The Kier molecular flexibility index (Phi) is 7.55. The van der Waals surface area contributed by atoms with Crippen LogP contribution in [0.1, 0.15) is 25.0 Å². The fraction of sp³-hybridized carbons (Fsp3) is 0.0545. The highest BCUT2D eigenvalue weighted by atomic mass is 15.1. The van der Waals surface area contributed by atoms with Crippen LogP contribution in [0.15, 0.2) is 206 Å². The Morgan fingerprint density at radius 1 is 0.368 bits per heavy atom. The van der Waals surface area contributed by atoms with Gasteiger partial charge >= 0.3 is 0 Å². The number of anilines is 3. The van der Waals surface area contributed by atoms with Gasteiger partial charge in [0.05, 0.1) is 5.52 Å². The largest absolute Gasteiger partial charge is 0.316 e. The summed E-state index contributed by atoms with van der Waals surface area (Å²) >= 11 is 0. The molecule has 57 heavy (non-hydrogen) atoms. The number of rotatable bonds is 6. The van der Waals surface area contributed by atoms with Crippen LogP contribution in [0.2, 0.25) is 0 Å². The average Bonchev–Trinajstić information content (AvgIpc) is 3.82. The number of fused-ring (bicyclic) bond motifs is 9. The van der Waals surface area contributed by atoms with E-state index < -0.39 is 0 Å². The minimum Gasteiger partial charge on any atom is -0.316 e. The summed E-state index contributed by atoms with van der Waals surface area (Å²) in [6.45, 7) is 4.77. The molecule has 0 amide bonds. The van der Waals surface area contributed by atoms with Gasteiger partial charge in [0.1, 0.15) is 0 Å². The molecule has 0 unspecified atom stereocenters. The number of aromatic nitrogens is 1. The zero-order valence-corrected chi connectivity index (χ0v) is 32.0. The fourth-order valence-electron chi connectivity index (χ4n) is 9.33. The van der Waals surface area contributed by atoms with Gasteiger partial charge in [0.15, 0.2) is 0 Å². The highest BCUT2D eigenvalue weighted by molar-refractivity contribution is 6.24. The van der Waals surface area contributed by atoms with Crippen LogP contribution in [-0.2, 0) is 5.41 Å². The Morgan fingerprint density at radius 2 is 0.789 bits per heavy atom. The van der Waals surface area contributed by atoms with Crippen molar-refractivity contribution >= 4 is 49.5 Å². The average molecular weight is 729 g/mol. The van der Waals surface area contributed by atoms with Crippen LogP contribution in [0.5, 0.6) is 0 Å². The van der Waals surface area contributed by atoms with Gasteiger partial charge in [-0.2, -0.15) is 0 Å². The molecule has 0 atom stereocenters. The normalized spacial score (nSPS) is 12.9.